The fraction of sp³-hybridized carbons (Fsp3) is 0.409. The van der Waals surface area contributed by atoms with E-state index in [9.17, 15) is 9.18 Å². The average Bonchev–Trinajstić information content (AvgIpc) is 3.21. The fourth-order valence-corrected chi connectivity index (χ4v) is 3.65. The van der Waals surface area contributed by atoms with Crippen LogP contribution in [0.1, 0.15) is 18.9 Å². The number of rotatable bonds is 8. The Balaban J connectivity index is 1.44. The van der Waals surface area contributed by atoms with Gasteiger partial charge in [0.25, 0.3) is 0 Å². The summed E-state index contributed by atoms with van der Waals surface area (Å²) in [5.74, 6) is 1.10. The lowest BCUT2D eigenvalue weighted by molar-refractivity contribution is -0.120. The highest BCUT2D eigenvalue weighted by atomic mass is 35.5. The van der Waals surface area contributed by atoms with Crippen molar-refractivity contribution in [2.24, 2.45) is 4.99 Å². The molecule has 1 saturated heterocycles. The molecule has 0 saturated carbocycles. The highest BCUT2D eigenvalue weighted by molar-refractivity contribution is 6.32. The number of aromatic nitrogens is 1. The van der Waals surface area contributed by atoms with Crippen molar-refractivity contribution < 1.29 is 9.18 Å². The second-order valence-corrected chi connectivity index (χ2v) is 7.71. The van der Waals surface area contributed by atoms with E-state index >= 15 is 0 Å². The Hall–Kier alpha value is -2.87. The third-order valence-corrected chi connectivity index (χ3v) is 5.19. The number of guanidine groups is 1. The van der Waals surface area contributed by atoms with E-state index in [-0.39, 0.29) is 24.2 Å². The van der Waals surface area contributed by atoms with Crippen LogP contribution < -0.4 is 20.9 Å². The van der Waals surface area contributed by atoms with Gasteiger partial charge in [-0.3, -0.25) is 9.79 Å². The molecule has 1 fully saturated rings. The number of hydrogen-bond donors (Lipinski definition) is 3. The molecule has 1 aromatic heterocycles. The number of carbonyl (C=O) groups is 1. The van der Waals surface area contributed by atoms with Crippen molar-refractivity contribution >= 4 is 29.3 Å². The number of benzene rings is 1. The molecule has 7 nitrogen and oxygen atoms in total. The summed E-state index contributed by atoms with van der Waals surface area (Å²) in [7, 11) is 0. The second kappa shape index (κ2) is 11.5. The Bertz CT molecular complexity index is 892. The summed E-state index contributed by atoms with van der Waals surface area (Å²) in [5.41, 5.74) is 0.774. The van der Waals surface area contributed by atoms with Crippen LogP contribution in [0.5, 0.6) is 0 Å². The number of halogens is 2. The molecule has 1 aliphatic rings. The number of nitrogens with one attached hydrogen (secondary N) is 3. The van der Waals surface area contributed by atoms with E-state index in [1.807, 2.05) is 19.1 Å². The molecule has 2 heterocycles. The normalized spacial score (nSPS) is 16.3. The van der Waals surface area contributed by atoms with Gasteiger partial charge in [-0.25, -0.2) is 9.37 Å². The van der Waals surface area contributed by atoms with Crippen LogP contribution in [-0.2, 0) is 11.2 Å². The van der Waals surface area contributed by atoms with Crippen LogP contribution in [0.15, 0.2) is 47.6 Å². The summed E-state index contributed by atoms with van der Waals surface area (Å²) in [6.45, 7) is 5.29. The molecule has 1 unspecified atom stereocenters. The number of hydrogen-bond acceptors (Lipinski definition) is 4. The summed E-state index contributed by atoms with van der Waals surface area (Å²) in [4.78, 5) is 23.1. The quantitative estimate of drug-likeness (QED) is 0.329. The standard InChI is InChI=1S/C22H28ClFN6O/c1-2-25-22(28-12-11-26-20(31)14-16-5-7-17(24)8-6-16)29-18-9-13-30(15-18)21-19(23)4-3-10-27-21/h3-8,10,18H,2,9,11-15H2,1H3,(H,26,31)(H2,25,28,29). The SMILES string of the molecule is CCNC(=NCCNC(=O)Cc1ccc(F)cc1)NC1CCN(c2ncccc2Cl)C1. The monoisotopic (exact) mass is 446 g/mol. The minimum atomic E-state index is -0.310. The van der Waals surface area contributed by atoms with E-state index in [0.29, 0.717) is 24.1 Å². The van der Waals surface area contributed by atoms with Gasteiger partial charge >= 0.3 is 0 Å². The maximum Gasteiger partial charge on any atom is 0.224 e. The van der Waals surface area contributed by atoms with Gasteiger partial charge in [0.15, 0.2) is 5.96 Å². The van der Waals surface area contributed by atoms with Crippen LogP contribution in [0.4, 0.5) is 10.2 Å². The van der Waals surface area contributed by atoms with E-state index < -0.39 is 0 Å². The van der Waals surface area contributed by atoms with Gasteiger partial charge in [-0.05, 0) is 43.2 Å². The predicted octanol–water partition coefficient (Wildman–Crippen LogP) is 2.37. The van der Waals surface area contributed by atoms with Crippen LogP contribution in [0.2, 0.25) is 5.02 Å². The minimum Gasteiger partial charge on any atom is -0.357 e. The van der Waals surface area contributed by atoms with Crippen molar-refractivity contribution in [2.45, 2.75) is 25.8 Å². The lowest BCUT2D eigenvalue weighted by Gasteiger charge is -2.20. The molecular weight excluding hydrogens is 419 g/mol. The lowest BCUT2D eigenvalue weighted by Crippen LogP contribution is -2.45. The zero-order valence-corrected chi connectivity index (χ0v) is 18.3. The Kier molecular flexibility index (Phi) is 8.46. The van der Waals surface area contributed by atoms with E-state index in [1.165, 1.54) is 12.1 Å². The van der Waals surface area contributed by atoms with Crippen LogP contribution in [0.3, 0.4) is 0 Å². The molecule has 0 radical (unpaired) electrons. The van der Waals surface area contributed by atoms with Gasteiger partial charge in [-0.1, -0.05) is 23.7 Å². The Morgan fingerprint density at radius 2 is 2.10 bits per heavy atom. The van der Waals surface area contributed by atoms with Gasteiger partial charge < -0.3 is 20.9 Å². The molecule has 1 amide bonds. The van der Waals surface area contributed by atoms with Crippen molar-refractivity contribution in [3.63, 3.8) is 0 Å². The van der Waals surface area contributed by atoms with E-state index in [4.69, 9.17) is 11.6 Å². The van der Waals surface area contributed by atoms with E-state index in [1.54, 1.807) is 18.3 Å². The molecule has 0 bridgehead atoms. The second-order valence-electron chi connectivity index (χ2n) is 7.30. The van der Waals surface area contributed by atoms with Crippen molar-refractivity contribution in [1.82, 2.24) is 20.9 Å². The highest BCUT2D eigenvalue weighted by Gasteiger charge is 2.25. The molecule has 3 N–H and O–H groups in total. The largest absolute Gasteiger partial charge is 0.357 e. The van der Waals surface area contributed by atoms with Crippen LogP contribution in [-0.4, -0.2) is 55.6 Å². The number of pyridine rings is 1. The van der Waals surface area contributed by atoms with Crippen LogP contribution >= 0.6 is 11.6 Å². The van der Waals surface area contributed by atoms with Gasteiger partial charge in [0.2, 0.25) is 5.91 Å². The minimum absolute atomic E-state index is 0.113. The summed E-state index contributed by atoms with van der Waals surface area (Å²) in [5, 5.41) is 10.2. The first-order chi connectivity index (χ1) is 15.0. The Labute approximate surface area is 187 Å². The summed E-state index contributed by atoms with van der Waals surface area (Å²) < 4.78 is 12.9. The van der Waals surface area contributed by atoms with Crippen molar-refractivity contribution in [1.29, 1.82) is 0 Å². The molecule has 2 aromatic rings. The number of aliphatic imine (C=N–C) groups is 1. The molecule has 9 heteroatoms. The number of amides is 1. The molecule has 166 valence electrons. The number of anilines is 1. The lowest BCUT2D eigenvalue weighted by atomic mass is 10.1. The first-order valence-electron chi connectivity index (χ1n) is 10.5. The fourth-order valence-electron chi connectivity index (χ4n) is 3.41. The van der Waals surface area contributed by atoms with Gasteiger partial charge in [-0.2, -0.15) is 0 Å². The average molecular weight is 447 g/mol. The van der Waals surface area contributed by atoms with Gasteiger partial charge in [0.05, 0.1) is 18.0 Å². The molecule has 0 spiro atoms. The molecule has 1 atom stereocenters. The van der Waals surface area contributed by atoms with Crippen molar-refractivity contribution in [3.8, 4) is 0 Å². The molecular formula is C22H28ClFN6O. The third kappa shape index (κ3) is 7.10. The summed E-state index contributed by atoms with van der Waals surface area (Å²) in [6.07, 6.45) is 2.92. The maximum absolute atomic E-state index is 12.9. The topological polar surface area (TPSA) is 81.6 Å². The van der Waals surface area contributed by atoms with Gasteiger partial charge in [-0.15, -0.1) is 0 Å². The number of nitrogens with zero attached hydrogens (tertiary/aromatic N) is 3. The van der Waals surface area contributed by atoms with E-state index in [0.717, 1.165) is 37.4 Å². The molecule has 3 rings (SSSR count). The summed E-state index contributed by atoms with van der Waals surface area (Å²) in [6, 6.07) is 9.84. The molecule has 0 aliphatic carbocycles. The first-order valence-corrected chi connectivity index (χ1v) is 10.8. The summed E-state index contributed by atoms with van der Waals surface area (Å²) >= 11 is 6.26. The van der Waals surface area contributed by atoms with Crippen molar-refractivity contribution in [3.05, 3.63) is 59.0 Å². The van der Waals surface area contributed by atoms with Crippen molar-refractivity contribution in [2.75, 3.05) is 37.6 Å². The van der Waals surface area contributed by atoms with E-state index in [2.05, 4.69) is 30.8 Å². The predicted molar refractivity (Wildman–Crippen MR) is 122 cm³/mol. The maximum atomic E-state index is 12.9. The van der Waals surface area contributed by atoms with Crippen LogP contribution in [0.25, 0.3) is 0 Å². The smallest absolute Gasteiger partial charge is 0.224 e. The zero-order valence-electron chi connectivity index (χ0n) is 17.6. The van der Waals surface area contributed by atoms with Gasteiger partial charge in [0.1, 0.15) is 11.6 Å². The Morgan fingerprint density at radius 1 is 1.29 bits per heavy atom. The Morgan fingerprint density at radius 3 is 2.84 bits per heavy atom. The first kappa shape index (κ1) is 22.8. The molecule has 1 aromatic carbocycles. The number of carbonyl (C=O) groups excluding carboxylic acids is 1. The molecule has 31 heavy (non-hydrogen) atoms. The highest BCUT2D eigenvalue weighted by Crippen LogP contribution is 2.25. The van der Waals surface area contributed by atoms with Gasteiger partial charge in [0, 0.05) is 38.4 Å². The zero-order chi connectivity index (χ0) is 22.1. The van der Waals surface area contributed by atoms with Crippen LogP contribution in [0, 0.1) is 5.82 Å². The third-order valence-electron chi connectivity index (χ3n) is 4.89. The molecule has 1 aliphatic heterocycles.